The van der Waals surface area contributed by atoms with Gasteiger partial charge in [0.15, 0.2) is 0 Å². The Labute approximate surface area is 71.3 Å². The minimum absolute atomic E-state index is 0.446. The average molecular weight is 165 g/mol. The van der Waals surface area contributed by atoms with Crippen LogP contribution in [0.25, 0.3) is 0 Å². The lowest BCUT2D eigenvalue weighted by molar-refractivity contribution is 0.282. The molecule has 1 aliphatic rings. The first kappa shape index (κ1) is 7.55. The van der Waals surface area contributed by atoms with Crippen molar-refractivity contribution < 1.29 is 9.47 Å². The predicted molar refractivity (Wildman–Crippen MR) is 44.1 cm³/mol. The Morgan fingerprint density at radius 2 is 2.58 bits per heavy atom. The van der Waals surface area contributed by atoms with Gasteiger partial charge in [-0.15, -0.1) is 0 Å². The highest BCUT2D eigenvalue weighted by atomic mass is 16.6. The van der Waals surface area contributed by atoms with Crippen LogP contribution < -0.4 is 4.74 Å². The fourth-order valence-electron chi connectivity index (χ4n) is 0.975. The van der Waals surface area contributed by atoms with Gasteiger partial charge in [-0.05, 0) is 12.1 Å². The average Bonchev–Trinajstić information content (AvgIpc) is 2.90. The monoisotopic (exact) mass is 165 g/mol. The Morgan fingerprint density at radius 1 is 1.67 bits per heavy atom. The standard InChI is InChI=1S/C9H11NO2/c1-2-8(6-10-4-1)11-5-3-9-7-12-9/h1-2,4,6,9H,3,5,7H2. The molecule has 2 heterocycles. The summed E-state index contributed by atoms with van der Waals surface area (Å²) in [5, 5.41) is 0. The Morgan fingerprint density at radius 3 is 3.25 bits per heavy atom. The van der Waals surface area contributed by atoms with Gasteiger partial charge in [-0.1, -0.05) is 0 Å². The van der Waals surface area contributed by atoms with Gasteiger partial charge in [0.05, 0.1) is 25.5 Å². The molecule has 3 nitrogen and oxygen atoms in total. The zero-order valence-corrected chi connectivity index (χ0v) is 6.77. The van der Waals surface area contributed by atoms with E-state index in [1.54, 1.807) is 12.4 Å². The van der Waals surface area contributed by atoms with Gasteiger partial charge in [-0.2, -0.15) is 0 Å². The van der Waals surface area contributed by atoms with E-state index in [0.29, 0.717) is 6.10 Å². The topological polar surface area (TPSA) is 34.6 Å². The van der Waals surface area contributed by atoms with Crippen molar-refractivity contribution in [3.63, 3.8) is 0 Å². The summed E-state index contributed by atoms with van der Waals surface area (Å²) in [7, 11) is 0. The molecule has 1 fully saturated rings. The SMILES string of the molecule is c1cncc(OCCC2CO2)c1. The molecule has 1 unspecified atom stereocenters. The van der Waals surface area contributed by atoms with E-state index < -0.39 is 0 Å². The second-order valence-corrected chi connectivity index (χ2v) is 2.78. The maximum atomic E-state index is 5.41. The molecule has 12 heavy (non-hydrogen) atoms. The van der Waals surface area contributed by atoms with Crippen LogP contribution >= 0.6 is 0 Å². The summed E-state index contributed by atoms with van der Waals surface area (Å²) < 4.78 is 10.5. The zero-order valence-electron chi connectivity index (χ0n) is 6.77. The van der Waals surface area contributed by atoms with E-state index in [-0.39, 0.29) is 0 Å². The number of hydrogen-bond acceptors (Lipinski definition) is 3. The molecule has 1 atom stereocenters. The van der Waals surface area contributed by atoms with Gasteiger partial charge in [0, 0.05) is 12.6 Å². The van der Waals surface area contributed by atoms with Crippen molar-refractivity contribution in [2.24, 2.45) is 0 Å². The second kappa shape index (κ2) is 3.54. The summed E-state index contributed by atoms with van der Waals surface area (Å²) in [5.74, 6) is 0.832. The molecule has 2 rings (SSSR count). The molecular weight excluding hydrogens is 154 g/mol. The quantitative estimate of drug-likeness (QED) is 0.630. The van der Waals surface area contributed by atoms with Crippen molar-refractivity contribution in [1.82, 2.24) is 4.98 Å². The van der Waals surface area contributed by atoms with Crippen molar-refractivity contribution in [2.45, 2.75) is 12.5 Å². The van der Waals surface area contributed by atoms with Gasteiger partial charge in [0.1, 0.15) is 5.75 Å². The molecule has 0 amide bonds. The smallest absolute Gasteiger partial charge is 0.137 e. The molecule has 1 aliphatic heterocycles. The molecule has 1 saturated heterocycles. The normalized spacial score (nSPS) is 20.5. The van der Waals surface area contributed by atoms with Crippen molar-refractivity contribution in [3.05, 3.63) is 24.5 Å². The zero-order chi connectivity index (χ0) is 8.23. The molecule has 0 spiro atoms. The predicted octanol–water partition coefficient (Wildman–Crippen LogP) is 1.25. The van der Waals surface area contributed by atoms with Crippen molar-refractivity contribution >= 4 is 0 Å². The van der Waals surface area contributed by atoms with Crippen molar-refractivity contribution in [1.29, 1.82) is 0 Å². The lowest BCUT2D eigenvalue weighted by Gasteiger charge is -2.02. The number of ether oxygens (including phenoxy) is 2. The first-order chi connectivity index (χ1) is 5.95. The third-order valence-corrected chi connectivity index (χ3v) is 1.75. The van der Waals surface area contributed by atoms with E-state index in [4.69, 9.17) is 9.47 Å². The highest BCUT2D eigenvalue weighted by Crippen LogP contribution is 2.14. The van der Waals surface area contributed by atoms with Crippen LogP contribution in [0.4, 0.5) is 0 Å². The molecule has 0 saturated carbocycles. The van der Waals surface area contributed by atoms with Crippen LogP contribution in [0, 0.1) is 0 Å². The lowest BCUT2D eigenvalue weighted by Crippen LogP contribution is -2.00. The van der Waals surface area contributed by atoms with Crippen LogP contribution in [-0.4, -0.2) is 24.3 Å². The summed E-state index contributed by atoms with van der Waals surface area (Å²) in [4.78, 5) is 3.94. The third kappa shape index (κ3) is 2.20. The molecule has 0 aromatic carbocycles. The maximum absolute atomic E-state index is 5.41. The first-order valence-electron chi connectivity index (χ1n) is 4.09. The van der Waals surface area contributed by atoms with Crippen LogP contribution in [-0.2, 0) is 4.74 Å². The van der Waals surface area contributed by atoms with E-state index in [0.717, 1.165) is 25.4 Å². The number of epoxide rings is 1. The molecule has 0 N–H and O–H groups in total. The Balaban J connectivity index is 1.72. The van der Waals surface area contributed by atoms with Gasteiger partial charge >= 0.3 is 0 Å². The summed E-state index contributed by atoms with van der Waals surface area (Å²) in [6, 6.07) is 3.77. The van der Waals surface area contributed by atoms with Gasteiger partial charge < -0.3 is 9.47 Å². The molecule has 3 heteroatoms. The Kier molecular flexibility index (Phi) is 2.23. The molecule has 1 aromatic rings. The lowest BCUT2D eigenvalue weighted by atomic mass is 10.3. The van der Waals surface area contributed by atoms with E-state index in [1.807, 2.05) is 12.1 Å². The van der Waals surface area contributed by atoms with Gasteiger partial charge in [-0.3, -0.25) is 4.98 Å². The van der Waals surface area contributed by atoms with Crippen molar-refractivity contribution in [2.75, 3.05) is 13.2 Å². The molecular formula is C9H11NO2. The van der Waals surface area contributed by atoms with Crippen LogP contribution in [0.15, 0.2) is 24.5 Å². The van der Waals surface area contributed by atoms with Gasteiger partial charge in [0.25, 0.3) is 0 Å². The van der Waals surface area contributed by atoms with E-state index in [2.05, 4.69) is 4.98 Å². The number of rotatable bonds is 4. The second-order valence-electron chi connectivity index (χ2n) is 2.78. The van der Waals surface area contributed by atoms with Gasteiger partial charge in [0.2, 0.25) is 0 Å². The third-order valence-electron chi connectivity index (χ3n) is 1.75. The largest absolute Gasteiger partial charge is 0.492 e. The fourth-order valence-corrected chi connectivity index (χ4v) is 0.975. The Hall–Kier alpha value is -1.09. The van der Waals surface area contributed by atoms with Gasteiger partial charge in [-0.25, -0.2) is 0 Å². The van der Waals surface area contributed by atoms with Crippen LogP contribution in [0.5, 0.6) is 5.75 Å². The number of aromatic nitrogens is 1. The fraction of sp³-hybridized carbons (Fsp3) is 0.444. The minimum atomic E-state index is 0.446. The minimum Gasteiger partial charge on any atom is -0.492 e. The first-order valence-corrected chi connectivity index (χ1v) is 4.09. The number of pyridine rings is 1. The van der Waals surface area contributed by atoms with Crippen LogP contribution in [0.3, 0.4) is 0 Å². The van der Waals surface area contributed by atoms with E-state index >= 15 is 0 Å². The summed E-state index contributed by atoms with van der Waals surface area (Å²) in [6.07, 6.45) is 4.88. The molecule has 1 aromatic heterocycles. The summed E-state index contributed by atoms with van der Waals surface area (Å²) >= 11 is 0. The highest BCUT2D eigenvalue weighted by Gasteiger charge is 2.21. The molecule has 64 valence electrons. The maximum Gasteiger partial charge on any atom is 0.137 e. The molecule has 0 radical (unpaired) electrons. The molecule has 0 bridgehead atoms. The molecule has 0 aliphatic carbocycles. The van der Waals surface area contributed by atoms with Crippen LogP contribution in [0.2, 0.25) is 0 Å². The highest BCUT2D eigenvalue weighted by molar-refractivity contribution is 5.15. The van der Waals surface area contributed by atoms with Crippen LogP contribution in [0.1, 0.15) is 6.42 Å². The van der Waals surface area contributed by atoms with Crippen molar-refractivity contribution in [3.8, 4) is 5.75 Å². The number of nitrogens with zero attached hydrogens (tertiary/aromatic N) is 1. The van der Waals surface area contributed by atoms with E-state index in [9.17, 15) is 0 Å². The summed E-state index contributed by atoms with van der Waals surface area (Å²) in [6.45, 7) is 1.62. The summed E-state index contributed by atoms with van der Waals surface area (Å²) in [5.41, 5.74) is 0. The van der Waals surface area contributed by atoms with E-state index in [1.165, 1.54) is 0 Å². The number of hydrogen-bond donors (Lipinski definition) is 0. The Bertz CT molecular complexity index is 234.